The predicted octanol–water partition coefficient (Wildman–Crippen LogP) is 4.20. The Bertz CT molecular complexity index is 684. The molecule has 0 aromatic heterocycles. The Morgan fingerprint density at radius 3 is 2.83 bits per heavy atom. The van der Waals surface area contributed by atoms with E-state index < -0.39 is 12.5 Å². The Labute approximate surface area is 141 Å². The minimum Gasteiger partial charge on any atom is -0.477 e. The maximum Gasteiger partial charge on any atom is 0.262 e. The topological polar surface area (TPSA) is 15.7 Å². The van der Waals surface area contributed by atoms with Crippen LogP contribution in [0.15, 0.2) is 55.2 Å². The second-order valence-corrected chi connectivity index (χ2v) is 6.15. The smallest absolute Gasteiger partial charge is 0.262 e. The van der Waals surface area contributed by atoms with Gasteiger partial charge in [0.1, 0.15) is 12.6 Å². The fourth-order valence-electron chi connectivity index (χ4n) is 3.33. The van der Waals surface area contributed by atoms with Crippen LogP contribution < -0.4 is 0 Å². The SMILES string of the molecule is C=C1c2ccccc2CCCN1/C=C(\C)N1C(=C)OCC1C(F)F. The molecule has 1 aromatic carbocycles. The van der Waals surface area contributed by atoms with Gasteiger partial charge in [0, 0.05) is 29.7 Å². The summed E-state index contributed by atoms with van der Waals surface area (Å²) < 4.78 is 31.7. The molecule has 128 valence electrons. The quantitative estimate of drug-likeness (QED) is 0.825. The Hall–Kier alpha value is -2.30. The van der Waals surface area contributed by atoms with Crippen molar-refractivity contribution in [2.75, 3.05) is 13.2 Å². The molecule has 3 rings (SSSR count). The number of hydrogen-bond donors (Lipinski definition) is 0. The number of hydrogen-bond acceptors (Lipinski definition) is 3. The molecule has 2 heterocycles. The van der Waals surface area contributed by atoms with Crippen LogP contribution in [-0.2, 0) is 11.2 Å². The van der Waals surface area contributed by atoms with Gasteiger partial charge in [-0.1, -0.05) is 30.8 Å². The zero-order chi connectivity index (χ0) is 17.3. The molecule has 5 heteroatoms. The molecule has 1 aromatic rings. The van der Waals surface area contributed by atoms with E-state index in [0.717, 1.165) is 30.6 Å². The number of allylic oxidation sites excluding steroid dienone is 1. The van der Waals surface area contributed by atoms with Gasteiger partial charge >= 0.3 is 0 Å². The monoisotopic (exact) mass is 332 g/mol. The number of halogens is 2. The van der Waals surface area contributed by atoms with E-state index in [4.69, 9.17) is 4.74 Å². The lowest BCUT2D eigenvalue weighted by Crippen LogP contribution is -2.35. The summed E-state index contributed by atoms with van der Waals surface area (Å²) in [5.41, 5.74) is 3.96. The maximum atomic E-state index is 13.2. The van der Waals surface area contributed by atoms with Gasteiger partial charge in [0.15, 0.2) is 5.88 Å². The average molecular weight is 332 g/mol. The van der Waals surface area contributed by atoms with Crippen LogP contribution in [0.5, 0.6) is 0 Å². The summed E-state index contributed by atoms with van der Waals surface area (Å²) >= 11 is 0. The summed E-state index contributed by atoms with van der Waals surface area (Å²) in [6, 6.07) is 7.21. The summed E-state index contributed by atoms with van der Waals surface area (Å²) in [5, 5.41) is 0. The van der Waals surface area contributed by atoms with Crippen molar-refractivity contribution in [3.05, 3.63) is 66.3 Å². The molecule has 0 radical (unpaired) electrons. The first-order valence-electron chi connectivity index (χ1n) is 8.10. The number of rotatable bonds is 3. The molecule has 1 atom stereocenters. The largest absolute Gasteiger partial charge is 0.477 e. The van der Waals surface area contributed by atoms with Gasteiger partial charge in [0.05, 0.1) is 0 Å². The molecule has 2 aliphatic rings. The van der Waals surface area contributed by atoms with Crippen molar-refractivity contribution in [3.8, 4) is 0 Å². The van der Waals surface area contributed by atoms with Crippen LogP contribution in [0, 0.1) is 0 Å². The lowest BCUT2D eigenvalue weighted by atomic mass is 10.0. The number of ether oxygens (including phenoxy) is 1. The zero-order valence-electron chi connectivity index (χ0n) is 13.8. The van der Waals surface area contributed by atoms with Crippen LogP contribution in [0.3, 0.4) is 0 Å². The summed E-state index contributed by atoms with van der Waals surface area (Å²) in [4.78, 5) is 3.52. The van der Waals surface area contributed by atoms with Gasteiger partial charge in [-0.05, 0) is 31.9 Å². The van der Waals surface area contributed by atoms with E-state index in [1.807, 2.05) is 23.2 Å². The van der Waals surface area contributed by atoms with Crippen molar-refractivity contribution in [2.45, 2.75) is 32.2 Å². The van der Waals surface area contributed by atoms with Crippen molar-refractivity contribution >= 4 is 5.70 Å². The summed E-state index contributed by atoms with van der Waals surface area (Å²) in [6.45, 7) is 10.5. The van der Waals surface area contributed by atoms with E-state index in [0.29, 0.717) is 5.70 Å². The van der Waals surface area contributed by atoms with Crippen LogP contribution >= 0.6 is 0 Å². The minimum absolute atomic E-state index is 0.0363. The Morgan fingerprint density at radius 1 is 1.33 bits per heavy atom. The number of aryl methyl sites for hydroxylation is 1. The molecule has 0 aliphatic carbocycles. The molecule has 24 heavy (non-hydrogen) atoms. The van der Waals surface area contributed by atoms with Gasteiger partial charge < -0.3 is 14.5 Å². The fourth-order valence-corrected chi connectivity index (χ4v) is 3.33. The highest BCUT2D eigenvalue weighted by molar-refractivity contribution is 5.66. The molecule has 1 saturated heterocycles. The Balaban J connectivity index is 1.87. The molecule has 1 fully saturated rings. The molecule has 0 N–H and O–H groups in total. The van der Waals surface area contributed by atoms with Gasteiger partial charge in [0.25, 0.3) is 6.43 Å². The molecule has 0 amide bonds. The molecule has 0 bridgehead atoms. The number of fused-ring (bicyclic) bond motifs is 1. The molecule has 1 unspecified atom stereocenters. The van der Waals surface area contributed by atoms with Gasteiger partial charge in [-0.3, -0.25) is 0 Å². The molecule has 0 saturated carbocycles. The molecular formula is C19H22F2N2O. The third-order valence-electron chi connectivity index (χ3n) is 4.55. The summed E-state index contributed by atoms with van der Waals surface area (Å²) in [5.74, 6) is 0.273. The van der Waals surface area contributed by atoms with Crippen LogP contribution in [-0.4, -0.2) is 35.4 Å². The fraction of sp³-hybridized carbons (Fsp3) is 0.368. The normalized spacial score (nSPS) is 21.8. The van der Waals surface area contributed by atoms with E-state index in [1.54, 1.807) is 6.92 Å². The second-order valence-electron chi connectivity index (χ2n) is 6.15. The van der Waals surface area contributed by atoms with Gasteiger partial charge in [-0.15, -0.1) is 0 Å². The molecule has 0 spiro atoms. The first kappa shape index (κ1) is 16.6. The number of nitrogens with zero attached hydrogens (tertiary/aromatic N) is 2. The average Bonchev–Trinajstić information content (AvgIpc) is 2.88. The van der Waals surface area contributed by atoms with Crippen molar-refractivity contribution < 1.29 is 13.5 Å². The van der Waals surface area contributed by atoms with E-state index in [1.165, 1.54) is 10.5 Å². The van der Waals surface area contributed by atoms with Gasteiger partial charge in [0.2, 0.25) is 0 Å². The van der Waals surface area contributed by atoms with E-state index in [9.17, 15) is 8.78 Å². The highest BCUT2D eigenvalue weighted by Gasteiger charge is 2.36. The second kappa shape index (κ2) is 6.67. The van der Waals surface area contributed by atoms with Crippen molar-refractivity contribution in [1.82, 2.24) is 9.80 Å². The van der Waals surface area contributed by atoms with Crippen molar-refractivity contribution in [2.24, 2.45) is 0 Å². The number of benzene rings is 1. The Morgan fingerprint density at radius 2 is 2.08 bits per heavy atom. The van der Waals surface area contributed by atoms with Crippen LogP contribution in [0.4, 0.5) is 8.78 Å². The van der Waals surface area contributed by atoms with Crippen molar-refractivity contribution in [3.63, 3.8) is 0 Å². The molecule has 3 nitrogen and oxygen atoms in total. The van der Waals surface area contributed by atoms with Gasteiger partial charge in [-0.2, -0.15) is 0 Å². The van der Waals surface area contributed by atoms with Crippen LogP contribution in [0.1, 0.15) is 24.5 Å². The highest BCUT2D eigenvalue weighted by atomic mass is 19.3. The molecular weight excluding hydrogens is 310 g/mol. The lowest BCUT2D eigenvalue weighted by Gasteiger charge is -2.28. The maximum absolute atomic E-state index is 13.2. The Kier molecular flexibility index (Phi) is 4.60. The molecule has 2 aliphatic heterocycles. The summed E-state index contributed by atoms with van der Waals surface area (Å²) in [6.07, 6.45) is 1.35. The lowest BCUT2D eigenvalue weighted by molar-refractivity contribution is 0.0696. The van der Waals surface area contributed by atoms with E-state index >= 15 is 0 Å². The third-order valence-corrected chi connectivity index (χ3v) is 4.55. The van der Waals surface area contributed by atoms with E-state index in [-0.39, 0.29) is 12.5 Å². The first-order chi connectivity index (χ1) is 11.5. The van der Waals surface area contributed by atoms with Crippen LogP contribution in [0.25, 0.3) is 5.70 Å². The zero-order valence-corrected chi connectivity index (χ0v) is 13.8. The standard InChI is InChI=1S/C19H22F2N2O/c1-13(23-15(3)24-12-18(23)19(20)21)11-22-10-6-8-16-7-4-5-9-17(16)14(22)2/h4-5,7,9,11,18-19H,2-3,6,8,10,12H2,1H3/b13-11+. The summed E-state index contributed by atoms with van der Waals surface area (Å²) in [7, 11) is 0. The minimum atomic E-state index is -2.49. The van der Waals surface area contributed by atoms with Crippen molar-refractivity contribution in [1.29, 1.82) is 0 Å². The van der Waals surface area contributed by atoms with Gasteiger partial charge in [-0.25, -0.2) is 8.78 Å². The van der Waals surface area contributed by atoms with E-state index in [2.05, 4.69) is 25.3 Å². The first-order valence-corrected chi connectivity index (χ1v) is 8.10. The predicted molar refractivity (Wildman–Crippen MR) is 91.0 cm³/mol. The number of alkyl halides is 2. The highest BCUT2D eigenvalue weighted by Crippen LogP contribution is 2.31. The van der Waals surface area contributed by atoms with Crippen LogP contribution in [0.2, 0.25) is 0 Å². The third kappa shape index (κ3) is 3.03.